The van der Waals surface area contributed by atoms with Crippen LogP contribution in [0.4, 0.5) is 0 Å². The van der Waals surface area contributed by atoms with Gasteiger partial charge in [0, 0.05) is 30.6 Å². The third kappa shape index (κ3) is 4.52. The quantitative estimate of drug-likeness (QED) is 0.792. The lowest BCUT2D eigenvalue weighted by molar-refractivity contribution is -0.121. The maximum atomic E-state index is 12.4. The van der Waals surface area contributed by atoms with E-state index in [1.165, 1.54) is 19.2 Å². The van der Waals surface area contributed by atoms with Crippen molar-refractivity contribution in [3.63, 3.8) is 0 Å². The molecule has 1 heterocycles. The molecule has 1 aromatic rings. The molecule has 122 valence electrons. The summed E-state index contributed by atoms with van der Waals surface area (Å²) in [6.45, 7) is 1.68. The van der Waals surface area contributed by atoms with Gasteiger partial charge in [0.2, 0.25) is 15.9 Å². The van der Waals surface area contributed by atoms with Gasteiger partial charge in [0.25, 0.3) is 0 Å². The molecule has 0 bridgehead atoms. The van der Waals surface area contributed by atoms with Gasteiger partial charge in [-0.1, -0.05) is 15.9 Å². The van der Waals surface area contributed by atoms with Gasteiger partial charge in [0.05, 0.1) is 18.0 Å². The molecule has 22 heavy (non-hydrogen) atoms. The normalized spacial score (nSPS) is 18.6. The van der Waals surface area contributed by atoms with Crippen LogP contribution in [0, 0.1) is 5.92 Å². The van der Waals surface area contributed by atoms with Gasteiger partial charge >= 0.3 is 0 Å². The zero-order chi connectivity index (χ0) is 16.2. The molecule has 0 aliphatic carbocycles. The number of ether oxygens (including phenoxy) is 1. The first-order valence-electron chi connectivity index (χ1n) is 6.96. The number of sulfonamides is 1. The van der Waals surface area contributed by atoms with Gasteiger partial charge in [-0.25, -0.2) is 8.42 Å². The molecule has 1 aromatic carbocycles. The Bertz CT molecular complexity index is 612. The SMILES string of the molecule is CN(CC(=O)NCC1CCOC1)S(=O)(=O)c1ccc(Br)cc1. The van der Waals surface area contributed by atoms with Gasteiger partial charge in [0.1, 0.15) is 0 Å². The fraction of sp³-hybridized carbons (Fsp3) is 0.500. The molecule has 6 nitrogen and oxygen atoms in total. The number of benzene rings is 1. The highest BCUT2D eigenvalue weighted by Crippen LogP contribution is 2.17. The largest absolute Gasteiger partial charge is 0.381 e. The smallest absolute Gasteiger partial charge is 0.243 e. The Balaban J connectivity index is 1.90. The standard InChI is InChI=1S/C14H19BrN2O4S/c1-17(9-14(18)16-8-11-6-7-21-10-11)22(19,20)13-4-2-12(15)3-5-13/h2-5,11H,6-10H2,1H3,(H,16,18). The van der Waals surface area contributed by atoms with E-state index in [1.807, 2.05) is 0 Å². The summed E-state index contributed by atoms with van der Waals surface area (Å²) in [6.07, 6.45) is 0.924. The highest BCUT2D eigenvalue weighted by atomic mass is 79.9. The van der Waals surface area contributed by atoms with Crippen LogP contribution in [-0.2, 0) is 19.6 Å². The van der Waals surface area contributed by atoms with E-state index in [-0.39, 0.29) is 17.3 Å². The minimum Gasteiger partial charge on any atom is -0.381 e. The van der Waals surface area contributed by atoms with Crippen LogP contribution in [0.2, 0.25) is 0 Å². The van der Waals surface area contributed by atoms with E-state index in [0.29, 0.717) is 19.1 Å². The number of amides is 1. The zero-order valence-electron chi connectivity index (χ0n) is 12.3. The van der Waals surface area contributed by atoms with Crippen molar-refractivity contribution in [1.82, 2.24) is 9.62 Å². The predicted molar refractivity (Wildman–Crippen MR) is 85.9 cm³/mol. The summed E-state index contributed by atoms with van der Waals surface area (Å²) in [5.74, 6) is 0.00687. The third-order valence-electron chi connectivity index (χ3n) is 3.50. The van der Waals surface area contributed by atoms with Gasteiger partial charge in [0.15, 0.2) is 0 Å². The molecule has 0 radical (unpaired) electrons. The second-order valence-electron chi connectivity index (χ2n) is 5.25. The van der Waals surface area contributed by atoms with Crippen LogP contribution in [0.1, 0.15) is 6.42 Å². The summed E-state index contributed by atoms with van der Waals surface area (Å²) in [6, 6.07) is 6.31. The second kappa shape index (κ2) is 7.54. The number of carbonyl (C=O) groups excluding carboxylic acids is 1. The molecule has 2 rings (SSSR count). The number of nitrogens with one attached hydrogen (secondary N) is 1. The van der Waals surface area contributed by atoms with E-state index >= 15 is 0 Å². The maximum Gasteiger partial charge on any atom is 0.243 e. The number of carbonyl (C=O) groups is 1. The minimum absolute atomic E-state index is 0.162. The fourth-order valence-electron chi connectivity index (χ4n) is 2.13. The first-order chi connectivity index (χ1) is 10.4. The second-order valence-corrected chi connectivity index (χ2v) is 8.21. The number of rotatable bonds is 6. The molecule has 0 saturated carbocycles. The Labute approximate surface area is 139 Å². The number of hydrogen-bond donors (Lipinski definition) is 1. The maximum absolute atomic E-state index is 12.4. The van der Waals surface area contributed by atoms with Gasteiger partial charge in [-0.05, 0) is 30.7 Å². The highest BCUT2D eigenvalue weighted by Gasteiger charge is 2.23. The third-order valence-corrected chi connectivity index (χ3v) is 5.85. The molecule has 0 aromatic heterocycles. The Morgan fingerprint density at radius 1 is 1.41 bits per heavy atom. The average Bonchev–Trinajstić information content (AvgIpc) is 2.99. The fourth-order valence-corrected chi connectivity index (χ4v) is 3.52. The topological polar surface area (TPSA) is 75.7 Å². The minimum atomic E-state index is -3.66. The molecular weight excluding hydrogens is 372 g/mol. The molecule has 1 aliphatic rings. The molecule has 0 spiro atoms. The van der Waals surface area contributed by atoms with Gasteiger partial charge in [-0.3, -0.25) is 4.79 Å². The van der Waals surface area contributed by atoms with Crippen LogP contribution >= 0.6 is 15.9 Å². The van der Waals surface area contributed by atoms with E-state index < -0.39 is 10.0 Å². The highest BCUT2D eigenvalue weighted by molar-refractivity contribution is 9.10. The monoisotopic (exact) mass is 390 g/mol. The van der Waals surface area contributed by atoms with Crippen molar-refractivity contribution in [2.45, 2.75) is 11.3 Å². The average molecular weight is 391 g/mol. The number of hydrogen-bond acceptors (Lipinski definition) is 4. The molecule has 1 N–H and O–H groups in total. The summed E-state index contributed by atoms with van der Waals surface area (Å²) in [4.78, 5) is 12.0. The van der Waals surface area contributed by atoms with Crippen molar-refractivity contribution in [3.8, 4) is 0 Å². The Morgan fingerprint density at radius 3 is 2.68 bits per heavy atom. The van der Waals surface area contributed by atoms with Gasteiger partial charge in [-0.15, -0.1) is 0 Å². The van der Waals surface area contributed by atoms with Crippen LogP contribution in [0.15, 0.2) is 33.6 Å². The van der Waals surface area contributed by atoms with Crippen LogP contribution in [-0.4, -0.2) is 52.0 Å². The lowest BCUT2D eigenvalue weighted by Gasteiger charge is -2.17. The van der Waals surface area contributed by atoms with Gasteiger partial charge in [-0.2, -0.15) is 4.31 Å². The molecule has 1 saturated heterocycles. The lowest BCUT2D eigenvalue weighted by Crippen LogP contribution is -2.40. The summed E-state index contributed by atoms with van der Waals surface area (Å²) in [5.41, 5.74) is 0. The lowest BCUT2D eigenvalue weighted by atomic mass is 10.1. The van der Waals surface area contributed by atoms with E-state index in [2.05, 4.69) is 21.2 Å². The van der Waals surface area contributed by atoms with Crippen molar-refractivity contribution < 1.29 is 17.9 Å². The molecule has 1 fully saturated rings. The summed E-state index contributed by atoms with van der Waals surface area (Å²) in [5, 5.41) is 2.76. The van der Waals surface area contributed by atoms with E-state index in [1.54, 1.807) is 12.1 Å². The van der Waals surface area contributed by atoms with Crippen molar-refractivity contribution in [1.29, 1.82) is 0 Å². The van der Waals surface area contributed by atoms with E-state index in [4.69, 9.17) is 4.74 Å². The summed E-state index contributed by atoms with van der Waals surface area (Å²) < 4.78 is 31.8. The molecule has 8 heteroatoms. The number of halogens is 1. The number of likely N-dealkylation sites (N-methyl/N-ethyl adjacent to an activating group) is 1. The molecule has 1 unspecified atom stereocenters. The van der Waals surface area contributed by atoms with Crippen LogP contribution < -0.4 is 5.32 Å². The van der Waals surface area contributed by atoms with Crippen molar-refractivity contribution >= 4 is 31.9 Å². The molecular formula is C14H19BrN2O4S. The zero-order valence-corrected chi connectivity index (χ0v) is 14.7. The van der Waals surface area contributed by atoms with Crippen molar-refractivity contribution in [2.24, 2.45) is 5.92 Å². The predicted octanol–water partition coefficient (Wildman–Crippen LogP) is 1.22. The first kappa shape index (κ1) is 17.4. The van der Waals surface area contributed by atoms with Gasteiger partial charge < -0.3 is 10.1 Å². The summed E-state index contributed by atoms with van der Waals surface area (Å²) in [7, 11) is -2.26. The van der Waals surface area contributed by atoms with Crippen LogP contribution in [0.5, 0.6) is 0 Å². The number of nitrogens with zero attached hydrogens (tertiary/aromatic N) is 1. The Hall–Kier alpha value is -0.960. The Morgan fingerprint density at radius 2 is 2.09 bits per heavy atom. The molecule has 1 aliphatic heterocycles. The van der Waals surface area contributed by atoms with E-state index in [9.17, 15) is 13.2 Å². The van der Waals surface area contributed by atoms with Crippen LogP contribution in [0.3, 0.4) is 0 Å². The van der Waals surface area contributed by atoms with E-state index in [0.717, 1.165) is 21.8 Å². The van der Waals surface area contributed by atoms with Crippen molar-refractivity contribution in [2.75, 3.05) is 33.4 Å². The van der Waals surface area contributed by atoms with Crippen molar-refractivity contribution in [3.05, 3.63) is 28.7 Å². The Kier molecular flexibility index (Phi) is 5.96. The molecule has 1 amide bonds. The molecule has 1 atom stereocenters. The van der Waals surface area contributed by atoms with Crippen LogP contribution in [0.25, 0.3) is 0 Å². The summed E-state index contributed by atoms with van der Waals surface area (Å²) >= 11 is 3.26. The first-order valence-corrected chi connectivity index (χ1v) is 9.19.